The van der Waals surface area contributed by atoms with E-state index in [1.165, 1.54) is 5.56 Å². The van der Waals surface area contributed by atoms with Crippen LogP contribution >= 0.6 is 23.5 Å². The van der Waals surface area contributed by atoms with Crippen molar-refractivity contribution in [3.05, 3.63) is 65.7 Å². The summed E-state index contributed by atoms with van der Waals surface area (Å²) in [7, 11) is 0. The van der Waals surface area contributed by atoms with Gasteiger partial charge < -0.3 is 4.74 Å². The fourth-order valence-corrected chi connectivity index (χ4v) is 5.03. The molecule has 136 valence electrons. The molecule has 0 N–H and O–H groups in total. The summed E-state index contributed by atoms with van der Waals surface area (Å²) in [5.74, 6) is 0.702. The molecule has 2 aromatic carbocycles. The molecule has 1 aliphatic rings. The largest absolute Gasteiger partial charge is 0.460 e. The van der Waals surface area contributed by atoms with Crippen molar-refractivity contribution < 1.29 is 9.53 Å². The lowest BCUT2D eigenvalue weighted by Crippen LogP contribution is -2.25. The summed E-state index contributed by atoms with van der Waals surface area (Å²) in [5, 5.41) is 0.0387. The number of nitrogens with zero attached hydrogens (tertiary/aromatic N) is 1. The van der Waals surface area contributed by atoms with E-state index in [4.69, 9.17) is 9.73 Å². The normalized spacial score (nSPS) is 16.6. The standard InChI is InChI=1S/C21H23NO2S2/c1-21(2,3)24-19(23)13-18-16-11-7-8-12-17(16)22-20(26-18)25-14-15-9-5-4-6-10-15/h4-12,18H,13-14H2,1-3H3. The van der Waals surface area contributed by atoms with E-state index in [1.54, 1.807) is 23.5 Å². The highest BCUT2D eigenvalue weighted by atomic mass is 32.2. The monoisotopic (exact) mass is 385 g/mol. The molecular formula is C21H23NO2S2. The van der Waals surface area contributed by atoms with Gasteiger partial charge in [0.1, 0.15) is 9.98 Å². The van der Waals surface area contributed by atoms with E-state index in [1.807, 2.05) is 57.2 Å². The Hall–Kier alpha value is -1.72. The third-order valence-electron chi connectivity index (χ3n) is 3.72. The number of hydrogen-bond acceptors (Lipinski definition) is 5. The molecule has 2 aromatic rings. The SMILES string of the molecule is CC(C)(C)OC(=O)CC1SC(SCc2ccccc2)=Nc2ccccc21. The van der Waals surface area contributed by atoms with Crippen LogP contribution in [0.3, 0.4) is 0 Å². The van der Waals surface area contributed by atoms with Crippen LogP contribution in [0.5, 0.6) is 0 Å². The maximum Gasteiger partial charge on any atom is 0.307 e. The molecule has 0 aliphatic carbocycles. The number of benzene rings is 2. The first-order chi connectivity index (χ1) is 12.4. The predicted molar refractivity (Wildman–Crippen MR) is 112 cm³/mol. The lowest BCUT2D eigenvalue weighted by Gasteiger charge is -2.25. The lowest BCUT2D eigenvalue weighted by molar-refractivity contribution is -0.154. The number of ether oxygens (including phenoxy) is 1. The van der Waals surface area contributed by atoms with Crippen molar-refractivity contribution in [3.63, 3.8) is 0 Å². The molecular weight excluding hydrogens is 362 g/mol. The van der Waals surface area contributed by atoms with Crippen LogP contribution in [0, 0.1) is 0 Å². The van der Waals surface area contributed by atoms with Crippen LogP contribution in [0.4, 0.5) is 5.69 Å². The van der Waals surface area contributed by atoms with E-state index < -0.39 is 5.60 Å². The average molecular weight is 386 g/mol. The van der Waals surface area contributed by atoms with E-state index in [2.05, 4.69) is 18.2 Å². The minimum Gasteiger partial charge on any atom is -0.460 e. The molecule has 0 spiro atoms. The maximum absolute atomic E-state index is 12.3. The van der Waals surface area contributed by atoms with E-state index in [9.17, 15) is 4.79 Å². The molecule has 3 rings (SSSR count). The van der Waals surface area contributed by atoms with Crippen molar-refractivity contribution >= 4 is 39.6 Å². The van der Waals surface area contributed by atoms with E-state index in [-0.39, 0.29) is 11.2 Å². The van der Waals surface area contributed by atoms with Crippen LogP contribution in [0.1, 0.15) is 43.6 Å². The first-order valence-electron chi connectivity index (χ1n) is 8.63. The van der Waals surface area contributed by atoms with Gasteiger partial charge in [-0.2, -0.15) is 0 Å². The van der Waals surface area contributed by atoms with Crippen LogP contribution < -0.4 is 0 Å². The number of para-hydroxylation sites is 1. The van der Waals surface area contributed by atoms with Crippen LogP contribution in [0.25, 0.3) is 0 Å². The highest BCUT2D eigenvalue weighted by Crippen LogP contribution is 2.46. The van der Waals surface area contributed by atoms with E-state index in [0.717, 1.165) is 21.4 Å². The van der Waals surface area contributed by atoms with Crippen molar-refractivity contribution in [3.8, 4) is 0 Å². The summed E-state index contributed by atoms with van der Waals surface area (Å²) in [4.78, 5) is 17.1. The average Bonchev–Trinajstić information content (AvgIpc) is 2.59. The van der Waals surface area contributed by atoms with Gasteiger partial charge in [0.05, 0.1) is 12.1 Å². The van der Waals surface area contributed by atoms with Gasteiger partial charge in [0.15, 0.2) is 0 Å². The summed E-state index contributed by atoms with van der Waals surface area (Å²) in [6.45, 7) is 5.69. The Morgan fingerprint density at radius 3 is 2.54 bits per heavy atom. The molecule has 1 heterocycles. The van der Waals surface area contributed by atoms with E-state index >= 15 is 0 Å². The van der Waals surface area contributed by atoms with Gasteiger partial charge in [0.2, 0.25) is 0 Å². The molecule has 0 amide bonds. The van der Waals surface area contributed by atoms with E-state index in [0.29, 0.717) is 6.42 Å². The van der Waals surface area contributed by atoms with Crippen molar-refractivity contribution in [2.24, 2.45) is 4.99 Å². The first-order valence-corrected chi connectivity index (χ1v) is 10.5. The number of thioether (sulfide) groups is 2. The van der Waals surface area contributed by atoms with Gasteiger partial charge in [-0.3, -0.25) is 4.79 Å². The third kappa shape index (κ3) is 5.39. The van der Waals surface area contributed by atoms with Crippen LogP contribution in [0.2, 0.25) is 0 Å². The smallest absolute Gasteiger partial charge is 0.307 e. The highest BCUT2D eigenvalue weighted by Gasteiger charge is 2.28. The second-order valence-corrected chi connectivity index (χ2v) is 9.52. The number of carbonyl (C=O) groups excluding carboxylic acids is 1. The van der Waals surface area contributed by atoms with Crippen molar-refractivity contribution in [2.45, 2.75) is 43.8 Å². The number of esters is 1. The second-order valence-electron chi connectivity index (χ2n) is 7.11. The Bertz CT molecular complexity index is 797. The van der Waals surface area contributed by atoms with Gasteiger partial charge in [-0.25, -0.2) is 4.99 Å². The summed E-state index contributed by atoms with van der Waals surface area (Å²) in [6, 6.07) is 18.4. The fraction of sp³-hybridized carbons (Fsp3) is 0.333. The summed E-state index contributed by atoms with van der Waals surface area (Å²) in [6.07, 6.45) is 0.351. The number of hydrogen-bond donors (Lipinski definition) is 0. The molecule has 26 heavy (non-hydrogen) atoms. The Labute approximate surface area is 163 Å². The van der Waals surface area contributed by atoms with Gasteiger partial charge in [-0.1, -0.05) is 72.1 Å². The highest BCUT2D eigenvalue weighted by molar-refractivity contribution is 8.38. The molecule has 0 fully saturated rings. The van der Waals surface area contributed by atoms with Gasteiger partial charge in [-0.05, 0) is 38.0 Å². The molecule has 0 bridgehead atoms. The summed E-state index contributed by atoms with van der Waals surface area (Å²) in [5.41, 5.74) is 2.86. The van der Waals surface area contributed by atoms with Gasteiger partial charge in [0.25, 0.3) is 0 Å². The molecule has 3 nitrogen and oxygen atoms in total. The number of aliphatic imine (C=N–C) groups is 1. The zero-order valence-electron chi connectivity index (χ0n) is 15.3. The summed E-state index contributed by atoms with van der Waals surface area (Å²) < 4.78 is 6.52. The number of fused-ring (bicyclic) bond motifs is 1. The minimum absolute atomic E-state index is 0.0387. The Morgan fingerprint density at radius 2 is 1.81 bits per heavy atom. The maximum atomic E-state index is 12.3. The third-order valence-corrected chi connectivity index (χ3v) is 6.17. The van der Waals surface area contributed by atoms with Crippen LogP contribution in [0.15, 0.2) is 59.6 Å². The topological polar surface area (TPSA) is 38.7 Å². The number of carbonyl (C=O) groups is 1. The first kappa shape index (κ1) is 19.1. The fourth-order valence-electron chi connectivity index (χ4n) is 2.64. The summed E-state index contributed by atoms with van der Waals surface area (Å²) >= 11 is 3.38. The zero-order chi connectivity index (χ0) is 18.6. The van der Waals surface area contributed by atoms with Crippen molar-refractivity contribution in [1.29, 1.82) is 0 Å². The van der Waals surface area contributed by atoms with Crippen molar-refractivity contribution in [2.75, 3.05) is 0 Å². The van der Waals surface area contributed by atoms with Crippen molar-refractivity contribution in [1.82, 2.24) is 0 Å². The molecule has 1 unspecified atom stereocenters. The molecule has 5 heteroatoms. The molecule has 0 radical (unpaired) electrons. The second kappa shape index (κ2) is 8.31. The molecule has 1 atom stereocenters. The predicted octanol–water partition coefficient (Wildman–Crippen LogP) is 6.13. The van der Waals surface area contributed by atoms with Gasteiger partial charge in [0, 0.05) is 11.0 Å². The van der Waals surface area contributed by atoms with Crippen LogP contribution in [-0.4, -0.2) is 15.9 Å². The number of rotatable bonds is 4. The Kier molecular flexibility index (Phi) is 6.09. The Balaban J connectivity index is 1.73. The molecule has 0 saturated carbocycles. The van der Waals surface area contributed by atoms with Gasteiger partial charge >= 0.3 is 5.97 Å². The lowest BCUT2D eigenvalue weighted by atomic mass is 10.1. The Morgan fingerprint density at radius 1 is 1.12 bits per heavy atom. The molecule has 0 aromatic heterocycles. The van der Waals surface area contributed by atoms with Gasteiger partial charge in [-0.15, -0.1) is 0 Å². The molecule has 0 saturated heterocycles. The minimum atomic E-state index is -0.463. The zero-order valence-corrected chi connectivity index (χ0v) is 16.9. The van der Waals surface area contributed by atoms with Crippen LogP contribution in [-0.2, 0) is 15.3 Å². The molecule has 1 aliphatic heterocycles. The quantitative estimate of drug-likeness (QED) is 0.594.